The van der Waals surface area contributed by atoms with E-state index in [0.717, 1.165) is 12.7 Å². The van der Waals surface area contributed by atoms with Crippen molar-refractivity contribution in [3.63, 3.8) is 0 Å². The first-order chi connectivity index (χ1) is 15.4. The Kier molecular flexibility index (Phi) is 7.51. The van der Waals surface area contributed by atoms with E-state index >= 15 is 0 Å². The van der Waals surface area contributed by atoms with Gasteiger partial charge in [0.1, 0.15) is 13.7 Å². The van der Waals surface area contributed by atoms with Gasteiger partial charge in [-0.1, -0.05) is 47.5 Å². The third kappa shape index (κ3) is 5.08. The second-order valence-corrected chi connectivity index (χ2v) is 17.5. The molecule has 0 saturated carbocycles. The first-order valence-corrected chi connectivity index (χ1v) is 15.7. The summed E-state index contributed by atoms with van der Waals surface area (Å²) in [5.74, 6) is 3.52. The van der Waals surface area contributed by atoms with Crippen LogP contribution in [0.25, 0.3) is 11.0 Å². The van der Waals surface area contributed by atoms with Crippen molar-refractivity contribution in [2.45, 2.75) is 76.3 Å². The van der Waals surface area contributed by atoms with Crippen LogP contribution < -0.4 is 5.56 Å². The summed E-state index contributed by atoms with van der Waals surface area (Å²) < 4.78 is 31.3. The number of ether oxygens (including phenoxy) is 1. The zero-order valence-electron chi connectivity index (χ0n) is 20.7. The minimum Gasteiger partial charge on any atom is -0.381 e. The van der Waals surface area contributed by atoms with Crippen LogP contribution in [0.3, 0.4) is 0 Å². The van der Waals surface area contributed by atoms with Gasteiger partial charge in [0.25, 0.3) is 5.56 Å². The summed E-state index contributed by atoms with van der Waals surface area (Å²) in [6.45, 7) is 15.1. The van der Waals surface area contributed by atoms with Gasteiger partial charge in [-0.2, -0.15) is 4.98 Å². The van der Waals surface area contributed by atoms with Gasteiger partial charge in [-0.15, -0.1) is 5.54 Å². The monoisotopic (exact) mass is 489 g/mol. The van der Waals surface area contributed by atoms with Crippen molar-refractivity contribution >= 4 is 28.9 Å². The number of hydrogen-bond donors (Lipinski definition) is 0. The van der Waals surface area contributed by atoms with Crippen molar-refractivity contribution in [3.05, 3.63) is 28.2 Å². The first kappa shape index (κ1) is 25.6. The van der Waals surface area contributed by atoms with Gasteiger partial charge in [0.2, 0.25) is 15.0 Å². The molecule has 3 heterocycles. The SMILES string of the molecule is CC(C)[Si](C#Cc1cc(=O)n(CC2CCOC2)c2nc(S(C)(=O)=O)ncc12)(C(C)C)C(C)C. The molecule has 0 spiro atoms. The van der Waals surface area contributed by atoms with E-state index in [1.165, 1.54) is 6.20 Å². The lowest BCUT2D eigenvalue weighted by Crippen LogP contribution is -2.43. The Hall–Kier alpha value is -2.02. The van der Waals surface area contributed by atoms with Gasteiger partial charge in [-0.05, 0) is 23.0 Å². The Balaban J connectivity index is 2.26. The van der Waals surface area contributed by atoms with Gasteiger partial charge in [-0.25, -0.2) is 13.4 Å². The maximum absolute atomic E-state index is 13.2. The second-order valence-electron chi connectivity index (χ2n) is 10.0. The van der Waals surface area contributed by atoms with Crippen LogP contribution in [0.5, 0.6) is 0 Å². The van der Waals surface area contributed by atoms with Crippen LogP contribution in [0.2, 0.25) is 16.6 Å². The predicted molar refractivity (Wildman–Crippen MR) is 134 cm³/mol. The first-order valence-electron chi connectivity index (χ1n) is 11.6. The number of pyridine rings is 1. The van der Waals surface area contributed by atoms with Crippen LogP contribution in [-0.4, -0.2) is 50.5 Å². The average molecular weight is 490 g/mol. The van der Waals surface area contributed by atoms with Crippen LogP contribution in [0.1, 0.15) is 53.5 Å². The molecule has 0 N–H and O–H groups in total. The van der Waals surface area contributed by atoms with Gasteiger partial charge in [0.05, 0.1) is 12.0 Å². The van der Waals surface area contributed by atoms with Crippen LogP contribution in [-0.2, 0) is 21.1 Å². The summed E-state index contributed by atoms with van der Waals surface area (Å²) in [7, 11) is -5.65. The van der Waals surface area contributed by atoms with Gasteiger partial charge >= 0.3 is 0 Å². The van der Waals surface area contributed by atoms with Crippen molar-refractivity contribution in [1.82, 2.24) is 14.5 Å². The third-order valence-corrected chi connectivity index (χ3v) is 14.1. The Bertz CT molecular complexity index is 1230. The molecule has 1 fully saturated rings. The van der Waals surface area contributed by atoms with Crippen molar-refractivity contribution < 1.29 is 13.2 Å². The number of sulfone groups is 1. The van der Waals surface area contributed by atoms with Gasteiger partial charge in [0, 0.05) is 43.2 Å². The molecule has 1 saturated heterocycles. The lowest BCUT2D eigenvalue weighted by atomic mass is 10.1. The van der Waals surface area contributed by atoms with Gasteiger partial charge in [0.15, 0.2) is 0 Å². The lowest BCUT2D eigenvalue weighted by molar-refractivity contribution is 0.182. The Morgan fingerprint density at radius 1 is 1.18 bits per heavy atom. The van der Waals surface area contributed by atoms with E-state index in [2.05, 4.69) is 63.0 Å². The highest BCUT2D eigenvalue weighted by Crippen LogP contribution is 2.40. The Morgan fingerprint density at radius 3 is 2.33 bits per heavy atom. The molecule has 2 aromatic heterocycles. The van der Waals surface area contributed by atoms with E-state index in [0.29, 0.717) is 53.0 Å². The largest absolute Gasteiger partial charge is 0.381 e. The quantitative estimate of drug-likeness (QED) is 0.348. The van der Waals surface area contributed by atoms with Gasteiger partial charge in [-0.3, -0.25) is 9.36 Å². The van der Waals surface area contributed by atoms with Crippen molar-refractivity contribution in [3.8, 4) is 11.5 Å². The fraction of sp³-hybridized carbons (Fsp3) is 0.625. The number of aromatic nitrogens is 3. The summed E-state index contributed by atoms with van der Waals surface area (Å²) in [5, 5.41) is 0.318. The van der Waals surface area contributed by atoms with E-state index in [9.17, 15) is 13.2 Å². The minimum atomic E-state index is -3.62. The molecular weight excluding hydrogens is 454 g/mol. The standard InChI is InChI=1S/C24H35N3O4SSi/c1-16(2)33(17(3)4,18(5)6)11-9-20-12-22(28)27(14-19-8-10-31-15-19)23-21(20)13-25-24(26-23)32(7,29)30/h12-13,16-19H,8,10,14-15H2,1-7H3. The fourth-order valence-corrected chi connectivity index (χ4v) is 10.9. The Labute approximate surface area is 197 Å². The van der Waals surface area contributed by atoms with E-state index in [1.807, 2.05) is 0 Å². The molecule has 0 aromatic carbocycles. The third-order valence-electron chi connectivity index (χ3n) is 6.90. The Morgan fingerprint density at radius 2 is 1.82 bits per heavy atom. The summed E-state index contributed by atoms with van der Waals surface area (Å²) >= 11 is 0. The zero-order valence-corrected chi connectivity index (χ0v) is 22.5. The van der Waals surface area contributed by atoms with E-state index < -0.39 is 17.9 Å². The molecule has 1 aliphatic heterocycles. The fourth-order valence-electron chi connectivity index (χ4n) is 5.19. The van der Waals surface area contributed by atoms with Crippen molar-refractivity contribution in [2.24, 2.45) is 5.92 Å². The smallest absolute Gasteiger partial charge is 0.253 e. The highest BCUT2D eigenvalue weighted by Gasteiger charge is 2.41. The maximum Gasteiger partial charge on any atom is 0.253 e. The normalized spacial score (nSPS) is 17.2. The highest BCUT2D eigenvalue weighted by molar-refractivity contribution is 7.90. The van der Waals surface area contributed by atoms with Gasteiger partial charge < -0.3 is 4.74 Å². The van der Waals surface area contributed by atoms with E-state index in [-0.39, 0.29) is 16.6 Å². The molecule has 0 bridgehead atoms. The van der Waals surface area contributed by atoms with E-state index in [1.54, 1.807) is 10.6 Å². The van der Waals surface area contributed by atoms with Crippen molar-refractivity contribution in [1.29, 1.82) is 0 Å². The molecule has 7 nitrogen and oxygen atoms in total. The highest BCUT2D eigenvalue weighted by atomic mass is 32.2. The molecule has 0 radical (unpaired) electrons. The van der Waals surface area contributed by atoms with Crippen molar-refractivity contribution in [2.75, 3.05) is 19.5 Å². The molecule has 33 heavy (non-hydrogen) atoms. The molecular formula is C24H35N3O4SSi. The predicted octanol–water partition coefficient (Wildman–Crippen LogP) is 3.80. The minimum absolute atomic E-state index is 0.183. The summed E-state index contributed by atoms with van der Waals surface area (Å²) in [6.07, 6.45) is 3.41. The zero-order chi connectivity index (χ0) is 24.6. The molecule has 0 amide bonds. The topological polar surface area (TPSA) is 91.2 Å². The molecule has 1 unspecified atom stereocenters. The molecule has 0 aliphatic carbocycles. The summed E-state index contributed by atoms with van der Waals surface area (Å²) in [4.78, 5) is 21.6. The molecule has 2 aromatic rings. The van der Waals surface area contributed by atoms with Crippen LogP contribution >= 0.6 is 0 Å². The number of rotatable bonds is 6. The molecule has 9 heteroatoms. The number of fused-ring (bicyclic) bond motifs is 1. The number of hydrogen-bond acceptors (Lipinski definition) is 6. The summed E-state index contributed by atoms with van der Waals surface area (Å²) in [6, 6.07) is 1.55. The lowest BCUT2D eigenvalue weighted by Gasteiger charge is -2.38. The molecule has 180 valence electrons. The second kappa shape index (κ2) is 9.69. The van der Waals surface area contributed by atoms with Crippen LogP contribution in [0, 0.1) is 17.4 Å². The van der Waals surface area contributed by atoms with Crippen LogP contribution in [0.4, 0.5) is 0 Å². The maximum atomic E-state index is 13.2. The average Bonchev–Trinajstić information content (AvgIpc) is 3.22. The molecule has 3 rings (SSSR count). The van der Waals surface area contributed by atoms with Crippen LogP contribution in [0.15, 0.2) is 22.2 Å². The molecule has 1 atom stereocenters. The number of nitrogens with zero attached hydrogens (tertiary/aromatic N) is 3. The van der Waals surface area contributed by atoms with E-state index in [4.69, 9.17) is 4.74 Å². The summed E-state index contributed by atoms with van der Waals surface area (Å²) in [5.41, 5.74) is 5.65. The molecule has 1 aliphatic rings.